The molecule has 0 saturated heterocycles. The van der Waals surface area contributed by atoms with Gasteiger partial charge in [0.15, 0.2) is 11.5 Å². The summed E-state index contributed by atoms with van der Waals surface area (Å²) in [5.41, 5.74) is 5.19. The maximum atomic E-state index is 12.0. The van der Waals surface area contributed by atoms with E-state index in [0.717, 1.165) is 11.3 Å². The van der Waals surface area contributed by atoms with Crippen LogP contribution in [0, 0.1) is 0 Å². The van der Waals surface area contributed by atoms with E-state index < -0.39 is 6.03 Å². The van der Waals surface area contributed by atoms with Gasteiger partial charge in [0.1, 0.15) is 19.0 Å². The summed E-state index contributed by atoms with van der Waals surface area (Å²) >= 11 is 3.52. The summed E-state index contributed by atoms with van der Waals surface area (Å²) in [5, 5.41) is 6.68. The molecule has 3 rings (SSSR count). The fourth-order valence-corrected chi connectivity index (χ4v) is 3.73. The van der Waals surface area contributed by atoms with E-state index in [4.69, 9.17) is 14.2 Å². The van der Waals surface area contributed by atoms with Crippen LogP contribution in [0.4, 0.5) is 10.5 Å². The SMILES string of the molecule is COc1cc(C=NNC(=O)Nc2ccccc2)cc(Br)c1OCCOc1ccc(C(C)(C)C)cc1. The van der Waals surface area contributed by atoms with Crippen LogP contribution in [0.15, 0.2) is 76.3 Å². The molecule has 0 unspecified atom stereocenters. The second kappa shape index (κ2) is 12.3. The van der Waals surface area contributed by atoms with Crippen molar-refractivity contribution in [3.63, 3.8) is 0 Å². The molecule has 7 nitrogen and oxygen atoms in total. The molecule has 0 saturated carbocycles. The van der Waals surface area contributed by atoms with Crippen LogP contribution in [0.2, 0.25) is 0 Å². The van der Waals surface area contributed by atoms with E-state index in [1.807, 2.05) is 36.4 Å². The zero-order chi connectivity index (χ0) is 25.3. The van der Waals surface area contributed by atoms with Gasteiger partial charge >= 0.3 is 6.03 Å². The number of hydrazone groups is 1. The summed E-state index contributed by atoms with van der Waals surface area (Å²) in [6.07, 6.45) is 1.52. The van der Waals surface area contributed by atoms with Crippen LogP contribution in [-0.2, 0) is 5.41 Å². The number of rotatable bonds is 9. The van der Waals surface area contributed by atoms with Crippen molar-refractivity contribution < 1.29 is 19.0 Å². The molecule has 0 aliphatic heterocycles. The zero-order valence-electron chi connectivity index (χ0n) is 20.3. The second-order valence-electron chi connectivity index (χ2n) is 8.70. The van der Waals surface area contributed by atoms with Gasteiger partial charge in [-0.25, -0.2) is 10.2 Å². The molecule has 35 heavy (non-hydrogen) atoms. The van der Waals surface area contributed by atoms with Crippen LogP contribution in [0.3, 0.4) is 0 Å². The quantitative estimate of drug-likeness (QED) is 0.188. The molecule has 0 bridgehead atoms. The van der Waals surface area contributed by atoms with Crippen LogP contribution < -0.4 is 25.0 Å². The fourth-order valence-electron chi connectivity index (χ4n) is 3.15. The zero-order valence-corrected chi connectivity index (χ0v) is 21.9. The van der Waals surface area contributed by atoms with Crippen LogP contribution >= 0.6 is 15.9 Å². The Morgan fingerprint density at radius 1 is 1.00 bits per heavy atom. The van der Waals surface area contributed by atoms with Gasteiger partial charge in [0.05, 0.1) is 17.8 Å². The predicted octanol–water partition coefficient (Wildman–Crippen LogP) is 6.37. The van der Waals surface area contributed by atoms with E-state index in [-0.39, 0.29) is 5.41 Å². The summed E-state index contributed by atoms with van der Waals surface area (Å²) < 4.78 is 17.9. The summed E-state index contributed by atoms with van der Waals surface area (Å²) in [5.74, 6) is 1.89. The van der Waals surface area contributed by atoms with Crippen molar-refractivity contribution in [2.45, 2.75) is 26.2 Å². The normalized spacial score (nSPS) is 11.2. The van der Waals surface area contributed by atoms with E-state index in [1.54, 1.807) is 25.3 Å². The maximum absolute atomic E-state index is 12.0. The number of halogens is 1. The first kappa shape index (κ1) is 26.1. The number of hydrogen-bond acceptors (Lipinski definition) is 5. The average molecular weight is 540 g/mol. The van der Waals surface area contributed by atoms with Crippen molar-refractivity contribution >= 4 is 33.9 Å². The number of carbonyl (C=O) groups is 1. The highest BCUT2D eigenvalue weighted by Gasteiger charge is 2.14. The number of urea groups is 1. The molecule has 0 atom stereocenters. The summed E-state index contributed by atoms with van der Waals surface area (Å²) in [4.78, 5) is 12.0. The number of benzene rings is 3. The molecule has 3 aromatic carbocycles. The van der Waals surface area contributed by atoms with Crippen molar-refractivity contribution in [2.75, 3.05) is 25.6 Å². The number of carbonyl (C=O) groups excluding carboxylic acids is 1. The first-order chi connectivity index (χ1) is 16.8. The number of para-hydroxylation sites is 1. The lowest BCUT2D eigenvalue weighted by Crippen LogP contribution is -2.24. The van der Waals surface area contributed by atoms with Crippen molar-refractivity contribution in [2.24, 2.45) is 5.10 Å². The van der Waals surface area contributed by atoms with Gasteiger partial charge in [-0.2, -0.15) is 5.10 Å². The van der Waals surface area contributed by atoms with Crippen molar-refractivity contribution in [3.05, 3.63) is 82.3 Å². The Morgan fingerprint density at radius 3 is 2.34 bits per heavy atom. The molecule has 0 aromatic heterocycles. The van der Waals surface area contributed by atoms with Crippen LogP contribution in [0.1, 0.15) is 31.9 Å². The first-order valence-corrected chi connectivity index (χ1v) is 11.9. The Labute approximate surface area is 214 Å². The van der Waals surface area contributed by atoms with Gasteiger partial charge in [0, 0.05) is 5.69 Å². The number of amides is 2. The topological polar surface area (TPSA) is 81.2 Å². The molecule has 184 valence electrons. The van der Waals surface area contributed by atoms with Gasteiger partial charge in [0.25, 0.3) is 0 Å². The van der Waals surface area contributed by atoms with Gasteiger partial charge in [0.2, 0.25) is 0 Å². The van der Waals surface area contributed by atoms with E-state index in [1.165, 1.54) is 11.8 Å². The molecule has 0 heterocycles. The fraction of sp³-hybridized carbons (Fsp3) is 0.259. The molecule has 0 aliphatic rings. The van der Waals surface area contributed by atoms with Gasteiger partial charge in [-0.1, -0.05) is 51.1 Å². The van der Waals surface area contributed by atoms with Gasteiger partial charge in [-0.15, -0.1) is 0 Å². The minimum Gasteiger partial charge on any atom is -0.493 e. The molecule has 0 aliphatic carbocycles. The summed E-state index contributed by atoms with van der Waals surface area (Å²) in [6, 6.07) is 20.4. The first-order valence-electron chi connectivity index (χ1n) is 11.1. The van der Waals surface area contributed by atoms with Crippen molar-refractivity contribution in [1.29, 1.82) is 0 Å². The molecular weight excluding hydrogens is 510 g/mol. The lowest BCUT2D eigenvalue weighted by atomic mass is 9.87. The third-order valence-corrected chi connectivity index (χ3v) is 5.57. The minimum atomic E-state index is -0.438. The number of anilines is 1. The smallest absolute Gasteiger partial charge is 0.339 e. The third-order valence-electron chi connectivity index (χ3n) is 4.98. The highest BCUT2D eigenvalue weighted by atomic mass is 79.9. The molecule has 0 spiro atoms. The summed E-state index contributed by atoms with van der Waals surface area (Å²) in [7, 11) is 1.56. The number of nitrogens with one attached hydrogen (secondary N) is 2. The molecule has 2 N–H and O–H groups in total. The largest absolute Gasteiger partial charge is 0.493 e. The van der Waals surface area contributed by atoms with E-state index in [9.17, 15) is 4.79 Å². The Kier molecular flexibility index (Phi) is 9.14. The lowest BCUT2D eigenvalue weighted by molar-refractivity contribution is 0.210. The number of hydrogen-bond donors (Lipinski definition) is 2. The Morgan fingerprint density at radius 2 is 1.69 bits per heavy atom. The second-order valence-corrected chi connectivity index (χ2v) is 9.55. The van der Waals surface area contributed by atoms with Crippen molar-refractivity contribution in [1.82, 2.24) is 5.43 Å². The Balaban J connectivity index is 1.52. The number of nitrogens with zero attached hydrogens (tertiary/aromatic N) is 1. The molecule has 0 fully saturated rings. The molecule has 3 aromatic rings. The van der Waals surface area contributed by atoms with Crippen LogP contribution in [0.5, 0.6) is 17.2 Å². The maximum Gasteiger partial charge on any atom is 0.339 e. The average Bonchev–Trinajstić information content (AvgIpc) is 2.83. The van der Waals surface area contributed by atoms with E-state index in [0.29, 0.717) is 34.9 Å². The van der Waals surface area contributed by atoms with Crippen molar-refractivity contribution in [3.8, 4) is 17.2 Å². The van der Waals surface area contributed by atoms with Gasteiger partial charge in [-0.3, -0.25) is 0 Å². The standard InChI is InChI=1S/C27H30BrN3O4/c1-27(2,3)20-10-12-22(13-11-20)34-14-15-35-25-23(28)16-19(17-24(25)33-4)18-29-31-26(32)30-21-8-6-5-7-9-21/h5-13,16-18H,14-15H2,1-4H3,(H2,30,31,32). The molecule has 0 radical (unpaired) electrons. The third kappa shape index (κ3) is 8.03. The lowest BCUT2D eigenvalue weighted by Gasteiger charge is -2.19. The Hall–Kier alpha value is -3.52. The van der Waals surface area contributed by atoms with E-state index >= 15 is 0 Å². The highest BCUT2D eigenvalue weighted by molar-refractivity contribution is 9.10. The highest BCUT2D eigenvalue weighted by Crippen LogP contribution is 2.36. The number of ether oxygens (including phenoxy) is 3. The Bertz CT molecular complexity index is 1140. The molecule has 2 amide bonds. The molecule has 8 heteroatoms. The molecular formula is C27H30BrN3O4. The minimum absolute atomic E-state index is 0.103. The van der Waals surface area contributed by atoms with E-state index in [2.05, 4.69) is 64.7 Å². The predicted molar refractivity (Wildman–Crippen MR) is 143 cm³/mol. The summed E-state index contributed by atoms with van der Waals surface area (Å²) in [6.45, 7) is 7.26. The monoisotopic (exact) mass is 539 g/mol. The van der Waals surface area contributed by atoms with Gasteiger partial charge in [-0.05, 0) is 68.9 Å². The van der Waals surface area contributed by atoms with Crippen LogP contribution in [0.25, 0.3) is 0 Å². The van der Waals surface area contributed by atoms with Crippen LogP contribution in [-0.4, -0.2) is 32.6 Å². The number of methoxy groups -OCH3 is 1. The van der Waals surface area contributed by atoms with Gasteiger partial charge < -0.3 is 19.5 Å².